The summed E-state index contributed by atoms with van der Waals surface area (Å²) in [6.45, 7) is 12.1. The van der Waals surface area contributed by atoms with E-state index in [1.807, 2.05) is 27.7 Å². The lowest BCUT2D eigenvalue weighted by Gasteiger charge is -2.29. The van der Waals surface area contributed by atoms with Crippen LogP contribution >= 0.6 is 0 Å². The van der Waals surface area contributed by atoms with Gasteiger partial charge in [-0.25, -0.2) is 0 Å². The summed E-state index contributed by atoms with van der Waals surface area (Å²) in [7, 11) is 0. The van der Waals surface area contributed by atoms with Gasteiger partial charge in [0.15, 0.2) is 0 Å². The van der Waals surface area contributed by atoms with Gasteiger partial charge in [0.25, 0.3) is 0 Å². The molecule has 0 aromatic rings. The minimum Gasteiger partial charge on any atom is -0.409 e. The van der Waals surface area contributed by atoms with Crippen LogP contribution in [-0.2, 0) is 0 Å². The molecular formula is C13H29N3O2. The van der Waals surface area contributed by atoms with Crippen LogP contribution < -0.4 is 5.73 Å². The van der Waals surface area contributed by atoms with Gasteiger partial charge in [-0.3, -0.25) is 0 Å². The third kappa shape index (κ3) is 6.81. The molecule has 0 radical (unpaired) electrons. The van der Waals surface area contributed by atoms with E-state index in [0.29, 0.717) is 6.54 Å². The predicted octanol–water partition coefficient (Wildman–Crippen LogP) is 1.63. The molecule has 0 fully saturated rings. The zero-order valence-electron chi connectivity index (χ0n) is 12.4. The molecule has 0 atom stereocenters. The third-order valence-corrected chi connectivity index (χ3v) is 3.14. The van der Waals surface area contributed by atoms with Gasteiger partial charge >= 0.3 is 0 Å². The number of hydrogen-bond donors (Lipinski definition) is 3. The Morgan fingerprint density at radius 2 is 1.83 bits per heavy atom. The van der Waals surface area contributed by atoms with Gasteiger partial charge in [0.2, 0.25) is 0 Å². The summed E-state index contributed by atoms with van der Waals surface area (Å²) < 4.78 is 0. The Hall–Kier alpha value is -0.810. The van der Waals surface area contributed by atoms with Gasteiger partial charge in [0.1, 0.15) is 5.84 Å². The number of aliphatic hydroxyl groups is 1. The van der Waals surface area contributed by atoms with E-state index in [1.54, 1.807) is 0 Å². The van der Waals surface area contributed by atoms with Gasteiger partial charge in [-0.15, -0.1) is 0 Å². The molecule has 0 unspecified atom stereocenters. The molecule has 0 aliphatic rings. The van der Waals surface area contributed by atoms with E-state index in [1.165, 1.54) is 0 Å². The van der Waals surface area contributed by atoms with Gasteiger partial charge in [-0.05, 0) is 39.8 Å². The molecule has 5 heteroatoms. The largest absolute Gasteiger partial charge is 0.409 e. The molecule has 0 rings (SSSR count). The van der Waals surface area contributed by atoms with Crippen molar-refractivity contribution in [2.75, 3.05) is 19.6 Å². The van der Waals surface area contributed by atoms with Crippen LogP contribution in [0.1, 0.15) is 47.5 Å². The van der Waals surface area contributed by atoms with Crippen molar-refractivity contribution >= 4 is 5.84 Å². The maximum atomic E-state index is 9.79. The molecule has 0 aromatic carbocycles. The van der Waals surface area contributed by atoms with Crippen LogP contribution in [0.5, 0.6) is 0 Å². The number of nitrogens with zero attached hydrogens (tertiary/aromatic N) is 2. The fraction of sp³-hybridized carbons (Fsp3) is 0.923. The normalized spacial score (nSPS) is 14.3. The Morgan fingerprint density at radius 1 is 1.28 bits per heavy atom. The van der Waals surface area contributed by atoms with Crippen LogP contribution in [0.15, 0.2) is 5.16 Å². The molecule has 108 valence electrons. The number of rotatable bonds is 8. The number of oxime groups is 1. The standard InChI is InChI=1S/C13H29N3O2/c1-6-16(10-13(4,5)17)9-7-8-12(2,3)11(14)15-18/h17-18H,6-10H2,1-5H3,(H2,14,15). The Balaban J connectivity index is 4.16. The summed E-state index contributed by atoms with van der Waals surface area (Å²) >= 11 is 0. The molecule has 0 amide bonds. The minimum atomic E-state index is -0.670. The van der Waals surface area contributed by atoms with Crippen LogP contribution in [0.4, 0.5) is 0 Å². The van der Waals surface area contributed by atoms with Gasteiger partial charge in [-0.2, -0.15) is 0 Å². The maximum absolute atomic E-state index is 9.79. The lowest BCUT2D eigenvalue weighted by Crippen LogP contribution is -2.39. The van der Waals surface area contributed by atoms with Crippen molar-refractivity contribution in [3.05, 3.63) is 0 Å². The molecule has 18 heavy (non-hydrogen) atoms. The van der Waals surface area contributed by atoms with Crippen molar-refractivity contribution in [3.63, 3.8) is 0 Å². The number of amidine groups is 1. The number of likely N-dealkylation sites (N-methyl/N-ethyl adjacent to an activating group) is 1. The van der Waals surface area contributed by atoms with Gasteiger partial charge in [0, 0.05) is 12.0 Å². The molecule has 0 aromatic heterocycles. The minimum absolute atomic E-state index is 0.271. The van der Waals surface area contributed by atoms with Crippen molar-refractivity contribution in [3.8, 4) is 0 Å². The highest BCUT2D eigenvalue weighted by molar-refractivity contribution is 5.85. The Bertz CT molecular complexity index is 270. The second-order valence-electron chi connectivity index (χ2n) is 6.15. The van der Waals surface area contributed by atoms with E-state index in [4.69, 9.17) is 10.9 Å². The quantitative estimate of drug-likeness (QED) is 0.268. The molecule has 0 saturated carbocycles. The highest BCUT2D eigenvalue weighted by Gasteiger charge is 2.24. The van der Waals surface area contributed by atoms with Crippen molar-refractivity contribution in [1.29, 1.82) is 0 Å². The van der Waals surface area contributed by atoms with Crippen molar-refractivity contribution in [2.45, 2.75) is 53.1 Å². The molecule has 0 spiro atoms. The van der Waals surface area contributed by atoms with Crippen molar-refractivity contribution in [1.82, 2.24) is 4.90 Å². The Kier molecular flexibility index (Phi) is 6.63. The number of hydrogen-bond acceptors (Lipinski definition) is 4. The van der Waals surface area contributed by atoms with Crippen molar-refractivity contribution in [2.24, 2.45) is 16.3 Å². The van der Waals surface area contributed by atoms with E-state index in [0.717, 1.165) is 25.9 Å². The molecule has 0 aliphatic carbocycles. The summed E-state index contributed by atoms with van der Waals surface area (Å²) in [6.07, 6.45) is 1.80. The second-order valence-corrected chi connectivity index (χ2v) is 6.15. The first-order chi connectivity index (χ1) is 8.12. The van der Waals surface area contributed by atoms with Crippen LogP contribution in [0.3, 0.4) is 0 Å². The van der Waals surface area contributed by atoms with Crippen LogP contribution in [0.25, 0.3) is 0 Å². The molecule has 0 saturated heterocycles. The zero-order valence-corrected chi connectivity index (χ0v) is 12.4. The molecule has 0 heterocycles. The highest BCUT2D eigenvalue weighted by atomic mass is 16.4. The van der Waals surface area contributed by atoms with E-state index >= 15 is 0 Å². The third-order valence-electron chi connectivity index (χ3n) is 3.14. The highest BCUT2D eigenvalue weighted by Crippen LogP contribution is 2.22. The summed E-state index contributed by atoms with van der Waals surface area (Å²) in [5, 5.41) is 21.6. The fourth-order valence-electron chi connectivity index (χ4n) is 1.90. The predicted molar refractivity (Wildman–Crippen MR) is 74.8 cm³/mol. The fourth-order valence-corrected chi connectivity index (χ4v) is 1.90. The lowest BCUT2D eigenvalue weighted by atomic mass is 9.86. The second kappa shape index (κ2) is 6.95. The zero-order chi connectivity index (χ0) is 14.4. The summed E-state index contributed by atoms with van der Waals surface area (Å²) in [5.41, 5.74) is 4.69. The molecule has 4 N–H and O–H groups in total. The monoisotopic (exact) mass is 259 g/mol. The molecule has 0 bridgehead atoms. The molecule has 0 aliphatic heterocycles. The van der Waals surface area contributed by atoms with Gasteiger partial charge < -0.3 is 20.9 Å². The smallest absolute Gasteiger partial charge is 0.144 e. The van der Waals surface area contributed by atoms with Crippen LogP contribution in [-0.4, -0.2) is 46.3 Å². The summed E-state index contributed by atoms with van der Waals surface area (Å²) in [6, 6.07) is 0. The van der Waals surface area contributed by atoms with Gasteiger partial charge in [0.05, 0.1) is 5.60 Å². The summed E-state index contributed by atoms with van der Waals surface area (Å²) in [4.78, 5) is 2.21. The van der Waals surface area contributed by atoms with E-state index in [2.05, 4.69) is 17.0 Å². The maximum Gasteiger partial charge on any atom is 0.144 e. The van der Waals surface area contributed by atoms with Crippen LogP contribution in [0, 0.1) is 5.41 Å². The Labute approximate surface area is 111 Å². The summed E-state index contributed by atoms with van der Waals surface area (Å²) in [5.74, 6) is 0.271. The van der Waals surface area contributed by atoms with E-state index in [-0.39, 0.29) is 11.3 Å². The van der Waals surface area contributed by atoms with E-state index in [9.17, 15) is 5.11 Å². The molecule has 5 nitrogen and oxygen atoms in total. The first kappa shape index (κ1) is 17.2. The topological polar surface area (TPSA) is 82.1 Å². The van der Waals surface area contributed by atoms with Gasteiger partial charge in [-0.1, -0.05) is 25.9 Å². The SMILES string of the molecule is CCN(CCCC(C)(C)C(N)=NO)CC(C)(C)O. The first-order valence-corrected chi connectivity index (χ1v) is 6.55. The number of nitrogens with two attached hydrogens (primary N) is 1. The first-order valence-electron chi connectivity index (χ1n) is 6.55. The van der Waals surface area contributed by atoms with Crippen molar-refractivity contribution < 1.29 is 10.3 Å². The molecular weight excluding hydrogens is 230 g/mol. The van der Waals surface area contributed by atoms with Crippen LogP contribution in [0.2, 0.25) is 0 Å². The lowest BCUT2D eigenvalue weighted by molar-refractivity contribution is 0.0369. The Morgan fingerprint density at radius 3 is 2.22 bits per heavy atom. The average Bonchev–Trinajstić information content (AvgIpc) is 2.24. The average molecular weight is 259 g/mol. The van der Waals surface area contributed by atoms with E-state index < -0.39 is 5.60 Å².